The number of aryl methyl sites for hydroxylation is 1. The van der Waals surface area contributed by atoms with Crippen molar-refractivity contribution in [1.29, 1.82) is 0 Å². The highest BCUT2D eigenvalue weighted by Gasteiger charge is 2.20. The molecule has 1 N–H and O–H groups in total. The Bertz CT molecular complexity index is 800. The van der Waals surface area contributed by atoms with Crippen LogP contribution in [0.5, 0.6) is 0 Å². The number of piperazine rings is 1. The number of aromatic nitrogens is 1. The van der Waals surface area contributed by atoms with Gasteiger partial charge in [-0.1, -0.05) is 5.16 Å². The number of nitrogens with zero attached hydrogens (tertiary/aromatic N) is 4. The van der Waals surface area contributed by atoms with E-state index in [1.54, 1.807) is 0 Å². The molecular weight excluding hydrogens is 364 g/mol. The lowest BCUT2D eigenvalue weighted by Crippen LogP contribution is -2.52. The molecule has 8 heteroatoms. The van der Waals surface area contributed by atoms with Gasteiger partial charge in [0.25, 0.3) is 0 Å². The van der Waals surface area contributed by atoms with E-state index in [4.69, 9.17) is 4.52 Å². The molecule has 1 aliphatic heterocycles. The minimum Gasteiger partial charge on any atom is -0.361 e. The third-order valence-corrected chi connectivity index (χ3v) is 4.72. The summed E-state index contributed by atoms with van der Waals surface area (Å²) in [5.41, 5.74) is 1.30. The second kappa shape index (κ2) is 9.64. The normalized spacial score (nSPS) is 15.9. The Labute approximate surface area is 164 Å². The fraction of sp³-hybridized carbons (Fsp3) is 0.500. The van der Waals surface area contributed by atoms with Crippen LogP contribution in [0.2, 0.25) is 0 Å². The summed E-state index contributed by atoms with van der Waals surface area (Å²) in [7, 11) is 0. The molecule has 152 valence electrons. The molecule has 0 radical (unpaired) electrons. The molecule has 0 saturated carbocycles. The largest absolute Gasteiger partial charge is 0.361 e. The number of benzene rings is 1. The summed E-state index contributed by atoms with van der Waals surface area (Å²) >= 11 is 0. The van der Waals surface area contributed by atoms with Crippen molar-refractivity contribution >= 4 is 5.96 Å². The van der Waals surface area contributed by atoms with E-state index in [9.17, 15) is 8.78 Å². The Morgan fingerprint density at radius 2 is 2.00 bits per heavy atom. The van der Waals surface area contributed by atoms with Gasteiger partial charge in [0, 0.05) is 51.9 Å². The highest BCUT2D eigenvalue weighted by molar-refractivity contribution is 5.80. The van der Waals surface area contributed by atoms with Crippen LogP contribution < -0.4 is 5.32 Å². The summed E-state index contributed by atoms with van der Waals surface area (Å²) in [6.45, 7) is 9.33. The fourth-order valence-electron chi connectivity index (χ4n) is 3.28. The molecule has 1 saturated heterocycles. The average molecular weight is 391 g/mol. The molecule has 3 rings (SSSR count). The molecule has 1 aromatic carbocycles. The van der Waals surface area contributed by atoms with E-state index in [1.807, 2.05) is 19.9 Å². The first-order valence-electron chi connectivity index (χ1n) is 9.67. The zero-order valence-corrected chi connectivity index (χ0v) is 16.4. The number of rotatable bonds is 6. The van der Waals surface area contributed by atoms with Crippen LogP contribution in [0.3, 0.4) is 0 Å². The predicted molar refractivity (Wildman–Crippen MR) is 104 cm³/mol. The van der Waals surface area contributed by atoms with Gasteiger partial charge in [-0.15, -0.1) is 0 Å². The van der Waals surface area contributed by atoms with Gasteiger partial charge in [0.2, 0.25) is 0 Å². The summed E-state index contributed by atoms with van der Waals surface area (Å²) in [6.07, 6.45) is 0.365. The van der Waals surface area contributed by atoms with Crippen LogP contribution >= 0.6 is 0 Å². The van der Waals surface area contributed by atoms with Crippen LogP contribution in [-0.2, 0) is 13.0 Å². The maximum absolute atomic E-state index is 13.8. The van der Waals surface area contributed by atoms with Crippen LogP contribution in [0.15, 0.2) is 33.8 Å². The average Bonchev–Trinajstić information content (AvgIpc) is 3.09. The number of nitrogens with one attached hydrogen (secondary N) is 1. The minimum absolute atomic E-state index is 0.354. The Morgan fingerprint density at radius 1 is 1.21 bits per heavy atom. The van der Waals surface area contributed by atoms with Gasteiger partial charge in [0.05, 0.1) is 5.69 Å². The summed E-state index contributed by atoms with van der Waals surface area (Å²) in [5, 5.41) is 7.35. The van der Waals surface area contributed by atoms with Crippen LogP contribution in [0.4, 0.5) is 8.78 Å². The van der Waals surface area contributed by atoms with Crippen molar-refractivity contribution in [3.8, 4) is 0 Å². The van der Waals surface area contributed by atoms with Gasteiger partial charge in [-0.2, -0.15) is 0 Å². The molecule has 2 heterocycles. The molecule has 1 aromatic heterocycles. The summed E-state index contributed by atoms with van der Waals surface area (Å²) in [6, 6.07) is 5.49. The molecule has 0 aliphatic carbocycles. The maximum atomic E-state index is 13.8. The third-order valence-electron chi connectivity index (χ3n) is 4.72. The van der Waals surface area contributed by atoms with E-state index < -0.39 is 11.6 Å². The molecule has 0 atom stereocenters. The van der Waals surface area contributed by atoms with E-state index in [0.29, 0.717) is 18.5 Å². The summed E-state index contributed by atoms with van der Waals surface area (Å²) < 4.78 is 32.2. The molecule has 1 aliphatic rings. The monoisotopic (exact) mass is 391 g/mol. The van der Waals surface area contributed by atoms with Crippen LogP contribution in [0.25, 0.3) is 0 Å². The molecule has 0 amide bonds. The summed E-state index contributed by atoms with van der Waals surface area (Å²) in [5.74, 6) is 0.824. The van der Waals surface area contributed by atoms with Crippen molar-refractivity contribution in [2.75, 3.05) is 39.3 Å². The van der Waals surface area contributed by atoms with E-state index in [0.717, 1.165) is 68.8 Å². The molecule has 0 bridgehead atoms. The van der Waals surface area contributed by atoms with E-state index in [2.05, 4.69) is 25.3 Å². The highest BCUT2D eigenvalue weighted by atomic mass is 19.1. The van der Waals surface area contributed by atoms with E-state index in [1.165, 1.54) is 6.07 Å². The lowest BCUT2D eigenvalue weighted by atomic mass is 10.1. The van der Waals surface area contributed by atoms with Crippen molar-refractivity contribution in [2.45, 2.75) is 26.8 Å². The molecular formula is C20H27F2N5O. The standard InChI is InChI=1S/C20H27F2N5O/c1-3-23-20(24-7-6-16-13-17(21)4-5-19(16)22)27-10-8-26(9-11-27)14-18-12-15(2)28-25-18/h4-5,12-13H,3,6-11,14H2,1-2H3,(H,23,24). The quantitative estimate of drug-likeness (QED) is 0.606. The maximum Gasteiger partial charge on any atom is 0.194 e. The van der Waals surface area contributed by atoms with Crippen LogP contribution in [0, 0.1) is 18.6 Å². The Balaban J connectivity index is 1.53. The zero-order chi connectivity index (χ0) is 19.9. The van der Waals surface area contributed by atoms with Gasteiger partial charge in [-0.3, -0.25) is 9.89 Å². The lowest BCUT2D eigenvalue weighted by molar-refractivity contribution is 0.169. The van der Waals surface area contributed by atoms with Crippen molar-refractivity contribution in [3.63, 3.8) is 0 Å². The molecule has 2 aromatic rings. The topological polar surface area (TPSA) is 56.9 Å². The van der Waals surface area contributed by atoms with E-state index >= 15 is 0 Å². The number of aliphatic imine (C=N–C) groups is 1. The SMILES string of the molecule is CCNC(=NCCc1cc(F)ccc1F)N1CCN(Cc2cc(C)on2)CC1. The van der Waals surface area contributed by atoms with Crippen molar-refractivity contribution in [3.05, 3.63) is 52.9 Å². The zero-order valence-electron chi connectivity index (χ0n) is 16.4. The first kappa shape index (κ1) is 20.3. The van der Waals surface area contributed by atoms with Gasteiger partial charge in [0.1, 0.15) is 17.4 Å². The van der Waals surface area contributed by atoms with Gasteiger partial charge >= 0.3 is 0 Å². The number of hydrogen-bond acceptors (Lipinski definition) is 4. The molecule has 0 unspecified atom stereocenters. The van der Waals surface area contributed by atoms with Crippen molar-refractivity contribution in [1.82, 2.24) is 20.3 Å². The van der Waals surface area contributed by atoms with Crippen LogP contribution in [0.1, 0.15) is 23.9 Å². The first-order valence-corrected chi connectivity index (χ1v) is 9.67. The minimum atomic E-state index is -0.425. The number of hydrogen-bond donors (Lipinski definition) is 1. The Kier molecular flexibility index (Phi) is 6.97. The van der Waals surface area contributed by atoms with Gasteiger partial charge in [0.15, 0.2) is 5.96 Å². The predicted octanol–water partition coefficient (Wildman–Crippen LogP) is 2.59. The number of halogens is 2. The molecule has 0 spiro atoms. The first-order chi connectivity index (χ1) is 13.5. The second-order valence-corrected chi connectivity index (χ2v) is 6.91. The van der Waals surface area contributed by atoms with E-state index in [-0.39, 0.29) is 0 Å². The van der Waals surface area contributed by atoms with Gasteiger partial charge in [-0.25, -0.2) is 8.78 Å². The van der Waals surface area contributed by atoms with Crippen molar-refractivity contribution in [2.24, 2.45) is 4.99 Å². The third kappa shape index (κ3) is 5.51. The molecule has 28 heavy (non-hydrogen) atoms. The molecule has 6 nitrogen and oxygen atoms in total. The Morgan fingerprint density at radius 3 is 2.68 bits per heavy atom. The lowest BCUT2D eigenvalue weighted by Gasteiger charge is -2.36. The smallest absolute Gasteiger partial charge is 0.194 e. The Hall–Kier alpha value is -2.48. The molecule has 1 fully saturated rings. The fourth-order valence-corrected chi connectivity index (χ4v) is 3.28. The number of guanidine groups is 1. The van der Waals surface area contributed by atoms with Gasteiger partial charge < -0.3 is 14.7 Å². The van der Waals surface area contributed by atoms with Crippen molar-refractivity contribution < 1.29 is 13.3 Å². The highest BCUT2D eigenvalue weighted by Crippen LogP contribution is 2.11. The van der Waals surface area contributed by atoms with Gasteiger partial charge in [-0.05, 0) is 44.0 Å². The second-order valence-electron chi connectivity index (χ2n) is 6.91. The van der Waals surface area contributed by atoms with Crippen LogP contribution in [-0.4, -0.2) is 60.2 Å². The summed E-state index contributed by atoms with van der Waals surface area (Å²) in [4.78, 5) is 9.15.